The Morgan fingerprint density at radius 3 is 2.22 bits per heavy atom. The Hall–Kier alpha value is -1.75. The smallest absolute Gasteiger partial charge is 0.289 e. The molecular formula is C7H8ClN3O6S. The minimum atomic E-state index is -4.37. The van der Waals surface area contributed by atoms with Gasteiger partial charge in [-0.05, 0) is 6.07 Å². The number of sulfonamides is 1. The molecule has 6 N–H and O–H groups in total. The summed E-state index contributed by atoms with van der Waals surface area (Å²) in [6, 6.07) is 1.19. The first-order valence-corrected chi connectivity index (χ1v) is 5.79. The number of nitro benzene ring substituents is 1. The second-order valence-electron chi connectivity index (χ2n) is 2.90. The zero-order valence-corrected chi connectivity index (χ0v) is 10.5. The molecule has 0 saturated carbocycles. The summed E-state index contributed by atoms with van der Waals surface area (Å²) in [5.41, 5.74) is -1.58. The fraction of sp³-hybridized carbons (Fsp3) is 0. The van der Waals surface area contributed by atoms with Gasteiger partial charge in [0.1, 0.15) is 9.92 Å². The van der Waals surface area contributed by atoms with Crippen LogP contribution in [0.5, 0.6) is 0 Å². The molecule has 1 aromatic carbocycles. The van der Waals surface area contributed by atoms with Crippen LogP contribution in [0, 0.1) is 10.1 Å². The lowest BCUT2D eigenvalue weighted by Crippen LogP contribution is -2.23. The van der Waals surface area contributed by atoms with Gasteiger partial charge in [-0.25, -0.2) is 13.6 Å². The average Bonchev–Trinajstić information content (AvgIpc) is 2.15. The largest absolute Gasteiger partial charge is 0.545 e. The van der Waals surface area contributed by atoms with Gasteiger partial charge in [0.25, 0.3) is 5.69 Å². The molecule has 0 aliphatic rings. The average molecular weight is 298 g/mol. The van der Waals surface area contributed by atoms with Crippen LogP contribution in [0.15, 0.2) is 17.0 Å². The number of nitrogens with zero attached hydrogens (tertiary/aromatic N) is 1. The Bertz CT molecular complexity index is 614. The predicted molar refractivity (Wildman–Crippen MR) is 59.8 cm³/mol. The third kappa shape index (κ3) is 3.13. The molecule has 0 amide bonds. The predicted octanol–water partition coefficient (Wildman–Crippen LogP) is -0.365. The number of hydrogen-bond donors (Lipinski definition) is 2. The van der Waals surface area contributed by atoms with E-state index in [1.807, 2.05) is 0 Å². The summed E-state index contributed by atoms with van der Waals surface area (Å²) in [6.07, 6.45) is 0. The number of aromatic carboxylic acids is 1. The number of primary sulfonamides is 1. The van der Waals surface area contributed by atoms with E-state index in [1.165, 1.54) is 0 Å². The first kappa shape index (κ1) is 16.2. The summed E-state index contributed by atoms with van der Waals surface area (Å²) in [4.78, 5) is 19.2. The number of benzene rings is 1. The van der Waals surface area contributed by atoms with Gasteiger partial charge in [0.2, 0.25) is 10.0 Å². The highest BCUT2D eigenvalue weighted by Gasteiger charge is 2.24. The van der Waals surface area contributed by atoms with E-state index < -0.39 is 42.1 Å². The third-order valence-electron chi connectivity index (χ3n) is 1.76. The number of carbonyl (C=O) groups excluding carboxylic acids is 1. The van der Waals surface area contributed by atoms with Gasteiger partial charge in [-0.3, -0.25) is 10.1 Å². The van der Waals surface area contributed by atoms with Gasteiger partial charge >= 0.3 is 0 Å². The second-order valence-corrected chi connectivity index (χ2v) is 4.80. The minimum absolute atomic E-state index is 0. The summed E-state index contributed by atoms with van der Waals surface area (Å²) in [7, 11) is -4.37. The number of halogens is 1. The first-order valence-electron chi connectivity index (χ1n) is 3.86. The lowest BCUT2D eigenvalue weighted by atomic mass is 10.2. The summed E-state index contributed by atoms with van der Waals surface area (Å²) in [5, 5.41) is 25.1. The van der Waals surface area contributed by atoms with Crippen LogP contribution in [0.1, 0.15) is 10.4 Å². The lowest BCUT2D eigenvalue weighted by molar-refractivity contribution is -0.385. The zero-order valence-electron chi connectivity index (χ0n) is 8.91. The molecule has 0 heterocycles. The van der Waals surface area contributed by atoms with Crippen molar-refractivity contribution >= 4 is 33.3 Å². The normalized spacial score (nSPS) is 10.6. The zero-order chi connectivity index (χ0) is 13.4. The van der Waals surface area contributed by atoms with Crippen molar-refractivity contribution in [3.05, 3.63) is 32.8 Å². The highest BCUT2D eigenvalue weighted by atomic mass is 35.5. The number of nitro groups is 1. The van der Waals surface area contributed by atoms with Crippen molar-refractivity contribution in [2.45, 2.75) is 4.90 Å². The van der Waals surface area contributed by atoms with Crippen molar-refractivity contribution in [2.75, 3.05) is 0 Å². The molecule has 9 nitrogen and oxygen atoms in total. The SMILES string of the molecule is NS(=O)(=O)c1cc(C(=O)[O-])cc([N+](=O)[O-])c1Cl.[NH4+]. The second kappa shape index (κ2) is 5.27. The molecule has 0 radical (unpaired) electrons. The molecule has 0 aliphatic carbocycles. The number of carboxylic acid groups (broad SMARTS) is 1. The Kier molecular flexibility index (Phi) is 4.75. The molecule has 0 bridgehead atoms. The first-order chi connectivity index (χ1) is 7.64. The molecule has 0 saturated heterocycles. The van der Waals surface area contributed by atoms with E-state index in [-0.39, 0.29) is 6.15 Å². The summed E-state index contributed by atoms with van der Waals surface area (Å²) >= 11 is 5.45. The standard InChI is InChI=1S/C7H5ClN2O6S.H3N/c8-6-4(10(13)14)1-3(7(11)12)2-5(6)17(9,15)16;/h1-2H,(H,11,12)(H2,9,15,16);1H3. The molecule has 1 aromatic rings. The van der Waals surface area contributed by atoms with Gasteiger partial charge in [0.15, 0.2) is 0 Å². The van der Waals surface area contributed by atoms with Gasteiger partial charge in [0.05, 0.1) is 10.9 Å². The number of hydrogen-bond acceptors (Lipinski definition) is 6. The van der Waals surface area contributed by atoms with E-state index in [0.29, 0.717) is 12.1 Å². The number of nitrogens with two attached hydrogens (primary N) is 1. The van der Waals surface area contributed by atoms with E-state index in [2.05, 4.69) is 0 Å². The maximum atomic E-state index is 11.1. The van der Waals surface area contributed by atoms with Crippen LogP contribution < -0.4 is 16.4 Å². The highest BCUT2D eigenvalue weighted by Crippen LogP contribution is 2.31. The third-order valence-corrected chi connectivity index (χ3v) is 3.20. The fourth-order valence-electron chi connectivity index (χ4n) is 1.04. The molecular weight excluding hydrogens is 290 g/mol. The maximum absolute atomic E-state index is 11.1. The van der Waals surface area contributed by atoms with Gasteiger partial charge in [-0.15, -0.1) is 0 Å². The number of quaternary nitrogens is 1. The van der Waals surface area contributed by atoms with Crippen molar-refractivity contribution in [1.82, 2.24) is 6.15 Å². The lowest BCUT2D eigenvalue weighted by Gasteiger charge is -2.07. The van der Waals surface area contributed by atoms with Gasteiger partial charge in [-0.2, -0.15) is 0 Å². The van der Waals surface area contributed by atoms with Gasteiger partial charge in [-0.1, -0.05) is 11.6 Å². The molecule has 0 unspecified atom stereocenters. The van der Waals surface area contributed by atoms with Crippen LogP contribution in [0.3, 0.4) is 0 Å². The van der Waals surface area contributed by atoms with E-state index in [9.17, 15) is 28.4 Å². The van der Waals surface area contributed by atoms with E-state index in [0.717, 1.165) is 0 Å². The molecule has 11 heteroatoms. The minimum Gasteiger partial charge on any atom is -0.545 e. The topological polar surface area (TPSA) is 180 Å². The van der Waals surface area contributed by atoms with Crippen molar-refractivity contribution in [1.29, 1.82) is 0 Å². The molecule has 0 fully saturated rings. The van der Waals surface area contributed by atoms with Crippen molar-refractivity contribution in [3.8, 4) is 0 Å². The summed E-state index contributed by atoms with van der Waals surface area (Å²) in [6.45, 7) is 0. The quantitative estimate of drug-likeness (QED) is 0.567. The number of carboxylic acids is 1. The monoisotopic (exact) mass is 297 g/mol. The van der Waals surface area contributed by atoms with Crippen LogP contribution >= 0.6 is 11.6 Å². The van der Waals surface area contributed by atoms with Crippen molar-refractivity contribution in [3.63, 3.8) is 0 Å². The molecule has 0 spiro atoms. The van der Waals surface area contributed by atoms with E-state index in [1.54, 1.807) is 0 Å². The summed E-state index contributed by atoms with van der Waals surface area (Å²) < 4.78 is 22.1. The van der Waals surface area contributed by atoms with Crippen LogP contribution in [0.25, 0.3) is 0 Å². The molecule has 0 aromatic heterocycles. The van der Waals surface area contributed by atoms with Crippen molar-refractivity contribution < 1.29 is 23.2 Å². The van der Waals surface area contributed by atoms with E-state index in [4.69, 9.17) is 16.7 Å². The van der Waals surface area contributed by atoms with Gasteiger partial charge < -0.3 is 16.1 Å². The number of carbonyl (C=O) groups is 1. The van der Waals surface area contributed by atoms with Crippen LogP contribution in [-0.2, 0) is 10.0 Å². The maximum Gasteiger partial charge on any atom is 0.289 e. The van der Waals surface area contributed by atoms with Crippen LogP contribution in [-0.4, -0.2) is 19.3 Å². The summed E-state index contributed by atoms with van der Waals surface area (Å²) in [5.74, 6) is -1.78. The fourth-order valence-corrected chi connectivity index (χ4v) is 2.19. The Balaban J connectivity index is 0.00000289. The molecule has 100 valence electrons. The Labute approximate surface area is 106 Å². The van der Waals surface area contributed by atoms with Crippen LogP contribution in [0.2, 0.25) is 5.02 Å². The molecule has 18 heavy (non-hydrogen) atoms. The highest BCUT2D eigenvalue weighted by molar-refractivity contribution is 7.89. The molecule has 0 aliphatic heterocycles. The van der Waals surface area contributed by atoms with Gasteiger partial charge in [0, 0.05) is 11.6 Å². The Morgan fingerprint density at radius 2 is 1.89 bits per heavy atom. The van der Waals surface area contributed by atoms with Crippen molar-refractivity contribution in [2.24, 2.45) is 5.14 Å². The Morgan fingerprint density at radius 1 is 1.39 bits per heavy atom. The molecule has 0 atom stereocenters. The van der Waals surface area contributed by atoms with Crippen LogP contribution in [0.4, 0.5) is 5.69 Å². The number of rotatable bonds is 3. The molecule has 1 rings (SSSR count). The van der Waals surface area contributed by atoms with E-state index >= 15 is 0 Å².